The number of aromatic nitrogens is 4. The molecule has 3 aromatic heterocycles. The summed E-state index contributed by atoms with van der Waals surface area (Å²) in [5.41, 5.74) is 2.94. The minimum absolute atomic E-state index is 0.651. The Morgan fingerprint density at radius 3 is 3.00 bits per heavy atom. The van der Waals surface area contributed by atoms with Gasteiger partial charge in [0.15, 0.2) is 5.82 Å². The Morgan fingerprint density at radius 1 is 1.22 bits per heavy atom. The highest BCUT2D eigenvalue weighted by Gasteiger charge is 2.04. The Morgan fingerprint density at radius 2 is 2.17 bits per heavy atom. The van der Waals surface area contributed by atoms with Crippen molar-refractivity contribution >= 4 is 11.3 Å². The molecular weight excluding hydrogens is 226 g/mol. The van der Waals surface area contributed by atoms with Gasteiger partial charge in [0.2, 0.25) is 0 Å². The van der Waals surface area contributed by atoms with Gasteiger partial charge in [-0.1, -0.05) is 6.07 Å². The van der Waals surface area contributed by atoms with E-state index >= 15 is 0 Å². The van der Waals surface area contributed by atoms with Crippen LogP contribution in [0.15, 0.2) is 42.9 Å². The summed E-state index contributed by atoms with van der Waals surface area (Å²) in [7, 11) is 0. The smallest absolute Gasteiger partial charge is 0.152 e. The van der Waals surface area contributed by atoms with E-state index in [1.54, 1.807) is 12.4 Å². The van der Waals surface area contributed by atoms with Gasteiger partial charge in [0.05, 0.1) is 17.9 Å². The van der Waals surface area contributed by atoms with Crippen LogP contribution < -0.4 is 5.32 Å². The van der Waals surface area contributed by atoms with E-state index < -0.39 is 0 Å². The van der Waals surface area contributed by atoms with E-state index in [4.69, 9.17) is 0 Å². The second kappa shape index (κ2) is 4.44. The molecule has 0 aromatic carbocycles. The first-order chi connectivity index (χ1) is 8.83. The van der Waals surface area contributed by atoms with E-state index in [-0.39, 0.29) is 0 Å². The van der Waals surface area contributed by atoms with Crippen LogP contribution in [0, 0.1) is 6.92 Å². The number of hydrogen-bond acceptors (Lipinski definition) is 4. The molecule has 90 valence electrons. The van der Waals surface area contributed by atoms with Crippen molar-refractivity contribution in [3.8, 4) is 0 Å². The normalized spacial score (nSPS) is 10.7. The third-order valence-electron chi connectivity index (χ3n) is 2.68. The van der Waals surface area contributed by atoms with Gasteiger partial charge in [-0.3, -0.25) is 4.98 Å². The maximum Gasteiger partial charge on any atom is 0.152 e. The molecule has 5 heteroatoms. The predicted molar refractivity (Wildman–Crippen MR) is 69.3 cm³/mol. The van der Waals surface area contributed by atoms with Gasteiger partial charge < -0.3 is 5.32 Å². The molecule has 0 fully saturated rings. The summed E-state index contributed by atoms with van der Waals surface area (Å²) in [6, 6.07) is 7.87. The van der Waals surface area contributed by atoms with E-state index in [0.29, 0.717) is 6.54 Å². The molecule has 18 heavy (non-hydrogen) atoms. The zero-order valence-electron chi connectivity index (χ0n) is 10.0. The first-order valence-electron chi connectivity index (χ1n) is 5.78. The molecule has 0 saturated heterocycles. The molecule has 0 unspecified atom stereocenters. The first kappa shape index (κ1) is 10.7. The largest absolute Gasteiger partial charge is 0.363 e. The molecule has 0 radical (unpaired) electrons. The van der Waals surface area contributed by atoms with Crippen LogP contribution in [0.2, 0.25) is 0 Å². The summed E-state index contributed by atoms with van der Waals surface area (Å²) in [5, 5.41) is 7.63. The van der Waals surface area contributed by atoms with Crippen LogP contribution in [0.4, 0.5) is 5.82 Å². The lowest BCUT2D eigenvalue weighted by molar-refractivity contribution is 0.918. The molecule has 0 amide bonds. The highest BCUT2D eigenvalue weighted by atomic mass is 15.2. The molecule has 3 aromatic rings. The van der Waals surface area contributed by atoms with Gasteiger partial charge in [-0.25, -0.2) is 9.50 Å². The van der Waals surface area contributed by atoms with E-state index in [9.17, 15) is 0 Å². The standard InChI is InChI=1S/C13H13N5/c1-10-8-12-13(15-6-7-18(12)17-10)16-9-11-4-2-3-5-14-11/h2-8H,9H2,1H3,(H,15,16). The molecule has 1 N–H and O–H groups in total. The summed E-state index contributed by atoms with van der Waals surface area (Å²) in [5.74, 6) is 0.823. The zero-order valence-corrected chi connectivity index (χ0v) is 10.0. The van der Waals surface area contributed by atoms with Gasteiger partial charge in [0.25, 0.3) is 0 Å². The molecule has 5 nitrogen and oxygen atoms in total. The van der Waals surface area contributed by atoms with Gasteiger partial charge in [-0.2, -0.15) is 5.10 Å². The lowest BCUT2D eigenvalue weighted by Gasteiger charge is -2.05. The molecule has 0 aliphatic rings. The Hall–Kier alpha value is -2.43. The third kappa shape index (κ3) is 2.02. The van der Waals surface area contributed by atoms with Crippen LogP contribution >= 0.6 is 0 Å². The number of anilines is 1. The van der Waals surface area contributed by atoms with Gasteiger partial charge in [0.1, 0.15) is 5.52 Å². The quantitative estimate of drug-likeness (QED) is 0.760. The summed E-state index contributed by atoms with van der Waals surface area (Å²) in [4.78, 5) is 8.60. The fraction of sp³-hybridized carbons (Fsp3) is 0.154. The molecule has 0 atom stereocenters. The summed E-state index contributed by atoms with van der Waals surface area (Å²) < 4.78 is 1.82. The van der Waals surface area contributed by atoms with Crippen molar-refractivity contribution in [2.24, 2.45) is 0 Å². The molecule has 3 rings (SSSR count). The van der Waals surface area contributed by atoms with Gasteiger partial charge in [-0.15, -0.1) is 0 Å². The van der Waals surface area contributed by atoms with Crippen molar-refractivity contribution in [3.63, 3.8) is 0 Å². The molecule has 0 aliphatic carbocycles. The van der Waals surface area contributed by atoms with Crippen LogP contribution in [0.25, 0.3) is 5.52 Å². The lowest BCUT2D eigenvalue weighted by Crippen LogP contribution is -2.04. The second-order valence-electron chi connectivity index (χ2n) is 4.07. The average Bonchev–Trinajstić information content (AvgIpc) is 2.78. The van der Waals surface area contributed by atoms with Crippen molar-refractivity contribution in [3.05, 3.63) is 54.2 Å². The van der Waals surface area contributed by atoms with Crippen molar-refractivity contribution in [2.45, 2.75) is 13.5 Å². The maximum absolute atomic E-state index is 4.35. The average molecular weight is 239 g/mol. The van der Waals surface area contributed by atoms with E-state index in [1.807, 2.05) is 41.9 Å². The van der Waals surface area contributed by atoms with Crippen LogP contribution in [-0.4, -0.2) is 19.6 Å². The zero-order chi connectivity index (χ0) is 12.4. The summed E-state index contributed by atoms with van der Waals surface area (Å²) in [6.45, 7) is 2.62. The summed E-state index contributed by atoms with van der Waals surface area (Å²) in [6.07, 6.45) is 5.36. The molecular formula is C13H13N5. The maximum atomic E-state index is 4.35. The van der Waals surface area contributed by atoms with Crippen molar-refractivity contribution < 1.29 is 0 Å². The van der Waals surface area contributed by atoms with Crippen LogP contribution in [0.5, 0.6) is 0 Å². The number of nitrogens with zero attached hydrogens (tertiary/aromatic N) is 4. The van der Waals surface area contributed by atoms with E-state index in [1.165, 1.54) is 0 Å². The molecule has 3 heterocycles. The third-order valence-corrected chi connectivity index (χ3v) is 2.68. The van der Waals surface area contributed by atoms with E-state index in [2.05, 4.69) is 20.4 Å². The van der Waals surface area contributed by atoms with E-state index in [0.717, 1.165) is 22.7 Å². The Bertz CT molecular complexity index is 659. The fourth-order valence-electron chi connectivity index (χ4n) is 1.86. The number of pyridine rings is 1. The number of hydrogen-bond donors (Lipinski definition) is 1. The van der Waals surface area contributed by atoms with Crippen molar-refractivity contribution in [1.82, 2.24) is 19.6 Å². The Kier molecular flexibility index (Phi) is 2.64. The molecule has 0 saturated carbocycles. The minimum Gasteiger partial charge on any atom is -0.363 e. The molecule has 0 spiro atoms. The number of fused-ring (bicyclic) bond motifs is 1. The Labute approximate surface area is 105 Å². The first-order valence-corrected chi connectivity index (χ1v) is 5.78. The minimum atomic E-state index is 0.651. The highest BCUT2D eigenvalue weighted by Crippen LogP contribution is 2.15. The SMILES string of the molecule is Cc1cc2c(NCc3ccccn3)nccn2n1. The summed E-state index contributed by atoms with van der Waals surface area (Å²) >= 11 is 0. The number of rotatable bonds is 3. The molecule has 0 bridgehead atoms. The fourth-order valence-corrected chi connectivity index (χ4v) is 1.86. The Balaban J connectivity index is 1.86. The number of nitrogens with one attached hydrogen (secondary N) is 1. The van der Waals surface area contributed by atoms with Gasteiger partial charge >= 0.3 is 0 Å². The van der Waals surface area contributed by atoms with Crippen LogP contribution in [0.3, 0.4) is 0 Å². The highest BCUT2D eigenvalue weighted by molar-refractivity contribution is 5.67. The lowest BCUT2D eigenvalue weighted by atomic mass is 10.3. The second-order valence-corrected chi connectivity index (χ2v) is 4.07. The van der Waals surface area contributed by atoms with Gasteiger partial charge in [-0.05, 0) is 25.1 Å². The topological polar surface area (TPSA) is 55.1 Å². The van der Waals surface area contributed by atoms with Crippen LogP contribution in [0.1, 0.15) is 11.4 Å². The monoisotopic (exact) mass is 239 g/mol. The van der Waals surface area contributed by atoms with Gasteiger partial charge in [0, 0.05) is 18.6 Å². The predicted octanol–water partition coefficient (Wildman–Crippen LogP) is 2.04. The van der Waals surface area contributed by atoms with Crippen molar-refractivity contribution in [1.29, 1.82) is 0 Å². The number of aryl methyl sites for hydroxylation is 1. The van der Waals surface area contributed by atoms with Crippen LogP contribution in [-0.2, 0) is 6.54 Å². The van der Waals surface area contributed by atoms with Crippen molar-refractivity contribution in [2.75, 3.05) is 5.32 Å². The molecule has 0 aliphatic heterocycles.